The van der Waals surface area contributed by atoms with E-state index in [1.54, 1.807) is 23.9 Å². The van der Waals surface area contributed by atoms with Crippen molar-refractivity contribution in [3.8, 4) is 11.6 Å². The van der Waals surface area contributed by atoms with Crippen molar-refractivity contribution in [1.82, 2.24) is 19.8 Å². The van der Waals surface area contributed by atoms with Crippen molar-refractivity contribution < 1.29 is 27.4 Å². The summed E-state index contributed by atoms with van der Waals surface area (Å²) in [4.78, 5) is 27.6. The van der Waals surface area contributed by atoms with E-state index in [2.05, 4.69) is 27.0 Å². The van der Waals surface area contributed by atoms with Gasteiger partial charge in [0.05, 0.1) is 23.5 Å². The summed E-state index contributed by atoms with van der Waals surface area (Å²) in [6.07, 6.45) is -1.12. The zero-order chi connectivity index (χ0) is 30.6. The van der Waals surface area contributed by atoms with Gasteiger partial charge in [0.25, 0.3) is 0 Å². The second-order valence-electron chi connectivity index (χ2n) is 10.3. The molecule has 42 heavy (non-hydrogen) atoms. The normalized spacial score (nSPS) is 15.4. The number of ether oxygens (including phenoxy) is 2. The van der Waals surface area contributed by atoms with Crippen LogP contribution in [0.25, 0.3) is 5.76 Å². The summed E-state index contributed by atoms with van der Waals surface area (Å²) < 4.78 is 52.8. The van der Waals surface area contributed by atoms with Gasteiger partial charge in [0.2, 0.25) is 5.88 Å². The molecule has 2 amide bonds. The van der Waals surface area contributed by atoms with Crippen molar-refractivity contribution in [2.45, 2.75) is 39.4 Å². The number of benzene rings is 1. The van der Waals surface area contributed by atoms with Gasteiger partial charge in [-0.15, -0.1) is 0 Å². The number of carbonyl (C=O) groups is 1. The number of nitrogens with one attached hydrogen (secondary N) is 2. The van der Waals surface area contributed by atoms with E-state index in [-0.39, 0.29) is 18.3 Å². The average Bonchev–Trinajstić information content (AvgIpc) is 3.32. The molecule has 0 saturated heterocycles. The molecule has 0 fully saturated rings. The van der Waals surface area contributed by atoms with E-state index >= 15 is 0 Å². The number of carbonyl (C=O) groups excluding carboxylic acids is 1. The number of alkyl halides is 3. The fourth-order valence-electron chi connectivity index (χ4n) is 4.78. The van der Waals surface area contributed by atoms with Gasteiger partial charge in [-0.05, 0) is 89.5 Å². The number of H-pyrrole nitrogens is 1. The average molecular weight is 585 g/mol. The van der Waals surface area contributed by atoms with E-state index in [0.717, 1.165) is 28.5 Å². The molecule has 2 N–H and O–H groups in total. The quantitative estimate of drug-likeness (QED) is 0.218. The Morgan fingerprint density at radius 3 is 2.74 bits per heavy atom. The number of aryl methyl sites for hydroxylation is 1. The third-order valence-corrected chi connectivity index (χ3v) is 6.95. The molecule has 0 radical (unpaired) electrons. The van der Waals surface area contributed by atoms with Gasteiger partial charge in [0.15, 0.2) is 0 Å². The van der Waals surface area contributed by atoms with Crippen LogP contribution in [0.1, 0.15) is 47.8 Å². The van der Waals surface area contributed by atoms with Crippen LogP contribution in [-0.2, 0) is 12.6 Å². The minimum atomic E-state index is -4.71. The summed E-state index contributed by atoms with van der Waals surface area (Å²) in [6.45, 7) is 10.1. The van der Waals surface area contributed by atoms with Gasteiger partial charge in [0, 0.05) is 18.8 Å². The van der Waals surface area contributed by atoms with E-state index in [9.17, 15) is 18.0 Å². The van der Waals surface area contributed by atoms with Crippen LogP contribution in [0.4, 0.5) is 29.5 Å². The lowest BCUT2D eigenvalue weighted by Crippen LogP contribution is -2.41. The fraction of sp³-hybridized carbons (Fsp3) is 0.367. The first-order valence-electron chi connectivity index (χ1n) is 13.5. The predicted molar refractivity (Wildman–Crippen MR) is 157 cm³/mol. The molecule has 0 spiro atoms. The van der Waals surface area contributed by atoms with Crippen molar-refractivity contribution in [3.63, 3.8) is 0 Å². The zero-order valence-corrected chi connectivity index (χ0v) is 24.3. The second kappa shape index (κ2) is 12.7. The SMILES string of the molecule is C=Nc1[nH]c(C)cc1/C(=C\C)Oc1ccc2c(c1)[C@H](C)N(C(=O)Nc1cnc(OCCN(C)C)c(C(F)(F)F)c1)CC2. The third-order valence-electron chi connectivity index (χ3n) is 6.95. The Morgan fingerprint density at radius 1 is 1.31 bits per heavy atom. The van der Waals surface area contributed by atoms with Gasteiger partial charge in [-0.25, -0.2) is 14.8 Å². The molecule has 1 aliphatic rings. The number of urea groups is 1. The number of aromatic amines is 1. The van der Waals surface area contributed by atoms with Crippen LogP contribution in [-0.4, -0.2) is 66.3 Å². The minimum absolute atomic E-state index is 0.0396. The van der Waals surface area contributed by atoms with Crippen LogP contribution in [0, 0.1) is 6.92 Å². The highest BCUT2D eigenvalue weighted by molar-refractivity contribution is 5.90. The van der Waals surface area contributed by atoms with Gasteiger partial charge in [-0.3, -0.25) is 0 Å². The standard InChI is InChI=1S/C30H35F3N6O3/c1-7-26(24-14-18(2)36-27(24)34-4)42-22-9-8-20-10-11-39(19(3)23(20)16-22)29(40)37-21-15-25(30(31,32)33)28(35-17-21)41-13-12-38(5)6/h7-9,14-17,19,36H,4,10-13H2,1-3,5-6H3,(H,37,40)/b26-7+/t19-/m0/s1. The molecule has 9 nitrogen and oxygen atoms in total. The molecule has 0 unspecified atom stereocenters. The van der Waals surface area contributed by atoms with Crippen LogP contribution in [0.15, 0.2) is 47.6 Å². The van der Waals surface area contributed by atoms with Gasteiger partial charge in [-0.1, -0.05) is 6.07 Å². The zero-order valence-electron chi connectivity index (χ0n) is 24.3. The lowest BCUT2D eigenvalue weighted by molar-refractivity contribution is -0.139. The van der Waals surface area contributed by atoms with Gasteiger partial charge in [0.1, 0.15) is 29.5 Å². The Hall–Kier alpha value is -4.32. The molecule has 224 valence electrons. The topological polar surface area (TPSA) is 95.1 Å². The van der Waals surface area contributed by atoms with E-state index < -0.39 is 23.7 Å². The lowest BCUT2D eigenvalue weighted by atomic mass is 9.93. The molecule has 4 rings (SSSR count). The maximum Gasteiger partial charge on any atom is 0.421 e. The van der Waals surface area contributed by atoms with Crippen molar-refractivity contribution in [1.29, 1.82) is 0 Å². The summed E-state index contributed by atoms with van der Waals surface area (Å²) in [5, 5.41) is 2.58. The van der Waals surface area contributed by atoms with Gasteiger partial charge >= 0.3 is 12.2 Å². The summed E-state index contributed by atoms with van der Waals surface area (Å²) in [7, 11) is 3.57. The summed E-state index contributed by atoms with van der Waals surface area (Å²) in [6, 6.07) is 7.59. The number of fused-ring (bicyclic) bond motifs is 1. The maximum atomic E-state index is 13.8. The number of pyridine rings is 1. The molecule has 1 aliphatic heterocycles. The fourth-order valence-corrected chi connectivity index (χ4v) is 4.78. The van der Waals surface area contributed by atoms with E-state index in [4.69, 9.17) is 9.47 Å². The van der Waals surface area contributed by atoms with E-state index in [1.807, 2.05) is 51.1 Å². The molecule has 1 aromatic carbocycles. The molecule has 3 heterocycles. The Morgan fingerprint density at radius 2 is 2.07 bits per heavy atom. The number of nitrogens with zero attached hydrogens (tertiary/aromatic N) is 4. The highest BCUT2D eigenvalue weighted by atomic mass is 19.4. The molecule has 0 saturated carbocycles. The Balaban J connectivity index is 1.51. The second-order valence-corrected chi connectivity index (χ2v) is 10.3. The maximum absolute atomic E-state index is 13.8. The summed E-state index contributed by atoms with van der Waals surface area (Å²) in [5.74, 6) is 1.25. The van der Waals surface area contributed by atoms with Crippen molar-refractivity contribution in [2.75, 3.05) is 39.1 Å². The number of halogens is 3. The molecular weight excluding hydrogens is 549 g/mol. The number of rotatable bonds is 9. The van der Waals surface area contributed by atoms with Crippen LogP contribution in [0.3, 0.4) is 0 Å². The first kappa shape index (κ1) is 30.6. The first-order chi connectivity index (χ1) is 19.9. The predicted octanol–water partition coefficient (Wildman–Crippen LogP) is 6.60. The molecule has 0 aliphatic carbocycles. The third kappa shape index (κ3) is 6.93. The van der Waals surface area contributed by atoms with Crippen LogP contribution >= 0.6 is 0 Å². The monoisotopic (exact) mass is 584 g/mol. The number of likely N-dealkylation sites (N-methyl/N-ethyl adjacent to an activating group) is 1. The molecule has 0 bridgehead atoms. The summed E-state index contributed by atoms with van der Waals surface area (Å²) >= 11 is 0. The summed E-state index contributed by atoms with van der Waals surface area (Å²) in [5.41, 5.74) is 2.51. The van der Waals surface area contributed by atoms with Gasteiger partial charge in [-0.2, -0.15) is 13.2 Å². The molecule has 3 aromatic rings. The number of allylic oxidation sites excluding steroid dienone is 1. The minimum Gasteiger partial charge on any atom is -0.476 e. The van der Waals surface area contributed by atoms with E-state index in [0.29, 0.717) is 36.8 Å². The van der Waals surface area contributed by atoms with Crippen molar-refractivity contribution >= 4 is 30.0 Å². The Kier molecular flexibility index (Phi) is 9.25. The number of aromatic nitrogens is 2. The molecule has 1 atom stereocenters. The van der Waals surface area contributed by atoms with Crippen LogP contribution < -0.4 is 14.8 Å². The number of anilines is 1. The van der Waals surface area contributed by atoms with Crippen molar-refractivity contribution in [2.24, 2.45) is 4.99 Å². The Labute approximate surface area is 243 Å². The molecule has 2 aromatic heterocycles. The van der Waals surface area contributed by atoms with Gasteiger partial charge < -0.3 is 29.6 Å². The van der Waals surface area contributed by atoms with Crippen LogP contribution in [0.2, 0.25) is 0 Å². The Bertz CT molecular complexity index is 1480. The molecule has 12 heteroatoms. The number of aliphatic imine (C=N–C) groups is 1. The lowest BCUT2D eigenvalue weighted by Gasteiger charge is -2.35. The number of hydrogen-bond acceptors (Lipinski definition) is 6. The first-order valence-corrected chi connectivity index (χ1v) is 13.5. The highest BCUT2D eigenvalue weighted by Gasteiger charge is 2.36. The molecular formula is C30H35F3N6O3. The van der Waals surface area contributed by atoms with E-state index in [1.165, 1.54) is 6.20 Å². The largest absolute Gasteiger partial charge is 0.476 e. The smallest absolute Gasteiger partial charge is 0.421 e. The highest BCUT2D eigenvalue weighted by Crippen LogP contribution is 2.38. The van der Waals surface area contributed by atoms with Crippen molar-refractivity contribution in [3.05, 3.63) is 70.6 Å². The van der Waals surface area contributed by atoms with Crippen LogP contribution in [0.5, 0.6) is 11.6 Å². The number of amides is 2. The number of hydrogen-bond donors (Lipinski definition) is 2.